The van der Waals surface area contributed by atoms with Crippen LogP contribution in [0.5, 0.6) is 0 Å². The average molecular weight is 337 g/mol. The monoisotopic (exact) mass is 337 g/mol. The van der Waals surface area contributed by atoms with Crippen LogP contribution in [-0.4, -0.2) is 16.1 Å². The molecule has 0 aliphatic heterocycles. The van der Waals surface area contributed by atoms with Gasteiger partial charge in [0, 0.05) is 11.5 Å². The molecule has 1 aromatic carbocycles. The lowest BCUT2D eigenvalue weighted by Crippen LogP contribution is -2.19. The summed E-state index contributed by atoms with van der Waals surface area (Å²) in [6, 6.07) is 4.93. The number of halogens is 3. The Morgan fingerprint density at radius 2 is 1.79 bits per heavy atom. The second kappa shape index (κ2) is 6.59. The molecule has 0 bridgehead atoms. The highest BCUT2D eigenvalue weighted by atomic mass is 19.4. The summed E-state index contributed by atoms with van der Waals surface area (Å²) in [4.78, 5) is 11.9. The standard InChI is InChI=1S/C17H18F3N3O/c1-9(2)16(24)21-14-8-12(17(18,19)20)5-6-13(14)15-7-10(3)11(4)22-23-15/h5-9H,1-4H3,(H,21,24). The van der Waals surface area contributed by atoms with Crippen molar-refractivity contribution < 1.29 is 18.0 Å². The number of amides is 1. The molecule has 0 aliphatic carbocycles. The minimum absolute atomic E-state index is 0.0704. The first-order chi connectivity index (χ1) is 11.1. The highest BCUT2D eigenvalue weighted by molar-refractivity contribution is 5.96. The van der Waals surface area contributed by atoms with E-state index in [1.54, 1.807) is 26.8 Å². The molecule has 0 unspecified atom stereocenters. The predicted molar refractivity (Wildman–Crippen MR) is 85.4 cm³/mol. The van der Waals surface area contributed by atoms with Gasteiger partial charge in [-0.15, -0.1) is 0 Å². The van der Waals surface area contributed by atoms with Gasteiger partial charge in [-0.2, -0.15) is 23.4 Å². The van der Waals surface area contributed by atoms with Crippen molar-refractivity contribution >= 4 is 11.6 Å². The molecule has 1 heterocycles. The van der Waals surface area contributed by atoms with E-state index in [0.717, 1.165) is 23.4 Å². The Hall–Kier alpha value is -2.44. The number of hydrogen-bond donors (Lipinski definition) is 1. The van der Waals surface area contributed by atoms with Crippen LogP contribution in [0.2, 0.25) is 0 Å². The first kappa shape index (κ1) is 17.9. The van der Waals surface area contributed by atoms with E-state index in [0.29, 0.717) is 11.3 Å². The summed E-state index contributed by atoms with van der Waals surface area (Å²) in [5, 5.41) is 10.6. The van der Waals surface area contributed by atoms with Gasteiger partial charge in [0.05, 0.1) is 22.6 Å². The lowest BCUT2D eigenvalue weighted by atomic mass is 10.0. The number of benzene rings is 1. The maximum Gasteiger partial charge on any atom is 0.416 e. The fourth-order valence-electron chi connectivity index (χ4n) is 2.00. The normalized spacial score (nSPS) is 11.7. The Balaban J connectivity index is 2.57. The van der Waals surface area contributed by atoms with Crippen molar-refractivity contribution in [3.8, 4) is 11.3 Å². The molecule has 1 aromatic heterocycles. The Kier molecular flexibility index (Phi) is 4.91. The number of nitrogens with one attached hydrogen (secondary N) is 1. The second-order valence-electron chi connectivity index (χ2n) is 5.90. The molecule has 0 aliphatic rings. The minimum atomic E-state index is -4.50. The average Bonchev–Trinajstić information content (AvgIpc) is 2.49. The molecule has 0 saturated carbocycles. The maximum atomic E-state index is 13.0. The van der Waals surface area contributed by atoms with Crippen molar-refractivity contribution in [2.24, 2.45) is 5.92 Å². The topological polar surface area (TPSA) is 54.9 Å². The van der Waals surface area contributed by atoms with Gasteiger partial charge >= 0.3 is 6.18 Å². The molecule has 7 heteroatoms. The zero-order chi connectivity index (χ0) is 18.1. The van der Waals surface area contributed by atoms with Crippen LogP contribution < -0.4 is 5.32 Å². The van der Waals surface area contributed by atoms with Gasteiger partial charge in [-0.3, -0.25) is 4.79 Å². The van der Waals surface area contributed by atoms with E-state index >= 15 is 0 Å². The van der Waals surface area contributed by atoms with Gasteiger partial charge in [0.1, 0.15) is 0 Å². The van der Waals surface area contributed by atoms with Gasteiger partial charge in [-0.25, -0.2) is 0 Å². The summed E-state index contributed by atoms with van der Waals surface area (Å²) in [5.41, 5.74) is 1.64. The number of alkyl halides is 3. The lowest BCUT2D eigenvalue weighted by Gasteiger charge is -2.15. The van der Waals surface area contributed by atoms with Crippen LogP contribution >= 0.6 is 0 Å². The summed E-state index contributed by atoms with van der Waals surface area (Å²) >= 11 is 0. The van der Waals surface area contributed by atoms with Gasteiger partial charge in [0.25, 0.3) is 0 Å². The quantitative estimate of drug-likeness (QED) is 0.904. The third-order valence-electron chi connectivity index (χ3n) is 3.64. The van der Waals surface area contributed by atoms with Crippen LogP contribution in [0.3, 0.4) is 0 Å². The summed E-state index contributed by atoms with van der Waals surface area (Å²) in [5.74, 6) is -0.731. The zero-order valence-electron chi connectivity index (χ0n) is 13.8. The summed E-state index contributed by atoms with van der Waals surface area (Å²) < 4.78 is 38.9. The molecule has 0 saturated heterocycles. The first-order valence-corrected chi connectivity index (χ1v) is 7.43. The third-order valence-corrected chi connectivity index (χ3v) is 3.64. The second-order valence-corrected chi connectivity index (χ2v) is 5.90. The maximum absolute atomic E-state index is 13.0. The molecular formula is C17H18F3N3O. The van der Waals surface area contributed by atoms with Gasteiger partial charge in [0.15, 0.2) is 0 Å². The van der Waals surface area contributed by atoms with Crippen molar-refractivity contribution in [2.75, 3.05) is 5.32 Å². The fourth-order valence-corrected chi connectivity index (χ4v) is 2.00. The Bertz CT molecular complexity index is 770. The molecule has 0 radical (unpaired) electrons. The molecule has 2 aromatic rings. The zero-order valence-corrected chi connectivity index (χ0v) is 13.8. The number of anilines is 1. The number of hydrogen-bond acceptors (Lipinski definition) is 3. The van der Waals surface area contributed by atoms with E-state index in [4.69, 9.17) is 0 Å². The van der Waals surface area contributed by atoms with Crippen molar-refractivity contribution in [3.63, 3.8) is 0 Å². The van der Waals surface area contributed by atoms with Crippen LogP contribution in [0.1, 0.15) is 30.7 Å². The molecular weight excluding hydrogens is 319 g/mol. The Morgan fingerprint density at radius 3 is 2.33 bits per heavy atom. The van der Waals surface area contributed by atoms with Gasteiger partial charge in [-0.1, -0.05) is 19.9 Å². The Morgan fingerprint density at radius 1 is 1.12 bits per heavy atom. The summed E-state index contributed by atoms with van der Waals surface area (Å²) in [7, 11) is 0. The Labute approximate surface area is 138 Å². The molecule has 1 N–H and O–H groups in total. The lowest BCUT2D eigenvalue weighted by molar-refractivity contribution is -0.137. The van der Waals surface area contributed by atoms with Crippen molar-refractivity contribution in [1.82, 2.24) is 10.2 Å². The highest BCUT2D eigenvalue weighted by Crippen LogP contribution is 2.35. The number of aryl methyl sites for hydroxylation is 2. The third kappa shape index (κ3) is 3.90. The van der Waals surface area contributed by atoms with E-state index in [1.165, 1.54) is 6.07 Å². The molecule has 0 atom stereocenters. The van der Waals surface area contributed by atoms with Crippen LogP contribution in [0.15, 0.2) is 24.3 Å². The number of aromatic nitrogens is 2. The molecule has 4 nitrogen and oxygen atoms in total. The number of carbonyl (C=O) groups is 1. The van der Waals surface area contributed by atoms with Crippen LogP contribution in [0, 0.1) is 19.8 Å². The molecule has 0 spiro atoms. The molecule has 24 heavy (non-hydrogen) atoms. The first-order valence-electron chi connectivity index (χ1n) is 7.43. The summed E-state index contributed by atoms with van der Waals surface area (Å²) in [6.07, 6.45) is -4.50. The van der Waals surface area contributed by atoms with Crippen LogP contribution in [0.25, 0.3) is 11.3 Å². The van der Waals surface area contributed by atoms with E-state index in [-0.39, 0.29) is 17.5 Å². The number of rotatable bonds is 3. The number of nitrogens with zero attached hydrogens (tertiary/aromatic N) is 2. The van der Waals surface area contributed by atoms with Gasteiger partial charge in [-0.05, 0) is 37.6 Å². The van der Waals surface area contributed by atoms with Crippen molar-refractivity contribution in [2.45, 2.75) is 33.9 Å². The fraction of sp³-hybridized carbons (Fsp3) is 0.353. The minimum Gasteiger partial charge on any atom is -0.325 e. The van der Waals surface area contributed by atoms with E-state index in [2.05, 4.69) is 15.5 Å². The van der Waals surface area contributed by atoms with E-state index < -0.39 is 11.7 Å². The molecule has 2 rings (SSSR count). The van der Waals surface area contributed by atoms with Gasteiger partial charge < -0.3 is 5.32 Å². The van der Waals surface area contributed by atoms with E-state index in [9.17, 15) is 18.0 Å². The predicted octanol–water partition coefficient (Wildman–Crippen LogP) is 4.37. The van der Waals surface area contributed by atoms with Crippen molar-refractivity contribution in [1.29, 1.82) is 0 Å². The molecule has 0 fully saturated rings. The largest absolute Gasteiger partial charge is 0.416 e. The molecule has 1 amide bonds. The van der Waals surface area contributed by atoms with Crippen LogP contribution in [-0.2, 0) is 11.0 Å². The highest BCUT2D eigenvalue weighted by Gasteiger charge is 2.31. The smallest absolute Gasteiger partial charge is 0.325 e. The molecule has 128 valence electrons. The SMILES string of the molecule is Cc1cc(-c2ccc(C(F)(F)F)cc2NC(=O)C(C)C)nnc1C. The van der Waals surface area contributed by atoms with Gasteiger partial charge in [0.2, 0.25) is 5.91 Å². The van der Waals surface area contributed by atoms with E-state index in [1.807, 2.05) is 6.92 Å². The van der Waals surface area contributed by atoms with Crippen molar-refractivity contribution in [3.05, 3.63) is 41.1 Å². The number of carbonyl (C=O) groups excluding carboxylic acids is 1. The van der Waals surface area contributed by atoms with Crippen LogP contribution in [0.4, 0.5) is 18.9 Å². The summed E-state index contributed by atoms with van der Waals surface area (Å²) in [6.45, 7) is 6.96.